The van der Waals surface area contributed by atoms with Crippen LogP contribution in [-0.2, 0) is 0 Å². The van der Waals surface area contributed by atoms with E-state index in [1.807, 2.05) is 30.3 Å². The lowest BCUT2D eigenvalue weighted by molar-refractivity contribution is 0.457. The van der Waals surface area contributed by atoms with Crippen molar-refractivity contribution < 1.29 is 8.22 Å². The van der Waals surface area contributed by atoms with Gasteiger partial charge in [0.2, 0.25) is 0 Å². The monoisotopic (exact) mass is 322 g/mol. The number of benzene rings is 1. The first-order valence-corrected chi connectivity index (χ1v) is 6.52. The fourth-order valence-electron chi connectivity index (χ4n) is 1.74. The summed E-state index contributed by atoms with van der Waals surface area (Å²) < 4.78 is 45.8. The molecule has 0 saturated heterocycles. The van der Waals surface area contributed by atoms with Crippen molar-refractivity contribution in [3.63, 3.8) is 0 Å². The molecule has 98 valence electrons. The summed E-state index contributed by atoms with van der Waals surface area (Å²) in [5.41, 5.74) is 2.34. The summed E-state index contributed by atoms with van der Waals surface area (Å²) in [4.78, 5) is 4.61. The fraction of sp³-hybridized carbons (Fsp3) is 0.188. The highest BCUT2D eigenvalue weighted by Crippen LogP contribution is 2.24. The van der Waals surface area contributed by atoms with E-state index in [-0.39, 0.29) is 6.54 Å². The number of hydrogen-bond donors (Lipinski definition) is 0. The van der Waals surface area contributed by atoms with Gasteiger partial charge < -0.3 is 4.90 Å². The predicted octanol–water partition coefficient (Wildman–Crippen LogP) is 3.84. The van der Waals surface area contributed by atoms with E-state index in [0.29, 0.717) is 4.90 Å². The average molecular weight is 323 g/mol. The Balaban J connectivity index is 2.45. The van der Waals surface area contributed by atoms with E-state index in [1.165, 1.54) is 0 Å². The van der Waals surface area contributed by atoms with Gasteiger partial charge in [-0.25, -0.2) is 0 Å². The molecule has 0 radical (unpaired) electrons. The molecule has 2 nitrogen and oxygen atoms in total. The number of pyridine rings is 1. The van der Waals surface area contributed by atoms with E-state index < -0.39 is 14.0 Å². The lowest BCUT2D eigenvalue weighted by atomic mass is 9.99. The molecule has 1 heterocycles. The minimum Gasteiger partial charge on any atom is -0.306 e. The van der Waals surface area contributed by atoms with E-state index in [0.717, 1.165) is 21.2 Å². The lowest BCUT2D eigenvalue weighted by Crippen LogP contribution is -2.11. The first-order chi connectivity index (χ1) is 11.6. The van der Waals surface area contributed by atoms with Gasteiger partial charge in [-0.2, -0.15) is 0 Å². The van der Waals surface area contributed by atoms with Gasteiger partial charge in [0.1, 0.15) is 0 Å². The molecule has 0 unspecified atom stereocenters. The van der Waals surface area contributed by atoms with Crippen LogP contribution in [0.5, 0.6) is 0 Å². The van der Waals surface area contributed by atoms with Crippen LogP contribution in [0.2, 0.25) is 0 Å². The number of likely N-dealkylation sites (N-methyl/N-ethyl adjacent to an activating group) is 1. The van der Waals surface area contributed by atoms with Crippen LogP contribution in [0.4, 0.5) is 0 Å². The van der Waals surface area contributed by atoms with Gasteiger partial charge in [-0.3, -0.25) is 4.98 Å². The van der Waals surface area contributed by atoms with Crippen LogP contribution in [0.3, 0.4) is 0 Å². The minimum atomic E-state index is -2.72. The maximum atomic E-state index is 7.48. The third-order valence-electron chi connectivity index (χ3n) is 2.61. The summed E-state index contributed by atoms with van der Waals surface area (Å²) in [6.45, 7) is -5.68. The van der Waals surface area contributed by atoms with E-state index in [1.54, 1.807) is 24.5 Å². The molecule has 1 aromatic carbocycles. The first-order valence-electron chi connectivity index (χ1n) is 8.73. The second kappa shape index (κ2) is 6.64. The SMILES string of the molecule is [2H]C([2H])([2H])N(C/C=C(/c1ccc(Br)cc1)c1cccnc1)C([2H])([2H])[2H]. The largest absolute Gasteiger partial charge is 0.306 e. The van der Waals surface area contributed by atoms with Crippen molar-refractivity contribution in [1.82, 2.24) is 9.88 Å². The summed E-state index contributed by atoms with van der Waals surface area (Å²) in [6.07, 6.45) is 4.90. The summed E-state index contributed by atoms with van der Waals surface area (Å²) in [5, 5.41) is 0. The zero-order chi connectivity index (χ0) is 18.7. The topological polar surface area (TPSA) is 16.1 Å². The van der Waals surface area contributed by atoms with Crippen molar-refractivity contribution >= 4 is 21.5 Å². The second-order valence-corrected chi connectivity index (χ2v) is 4.89. The lowest BCUT2D eigenvalue weighted by Gasteiger charge is -2.11. The zero-order valence-corrected chi connectivity index (χ0v) is 11.8. The molecule has 0 aliphatic heterocycles. The van der Waals surface area contributed by atoms with Crippen molar-refractivity contribution in [3.8, 4) is 0 Å². The molecule has 0 atom stereocenters. The molecule has 0 aliphatic carbocycles. The number of rotatable bonds is 4. The first kappa shape index (κ1) is 7.98. The molecule has 2 aromatic rings. The van der Waals surface area contributed by atoms with Crippen molar-refractivity contribution in [3.05, 3.63) is 70.5 Å². The Morgan fingerprint density at radius 3 is 2.68 bits per heavy atom. The van der Waals surface area contributed by atoms with Crippen LogP contribution in [0, 0.1) is 0 Å². The highest BCUT2D eigenvalue weighted by Gasteiger charge is 2.05. The Kier molecular flexibility index (Phi) is 2.79. The Bertz CT molecular complexity index is 709. The molecular weight excluding hydrogens is 300 g/mol. The van der Waals surface area contributed by atoms with E-state index >= 15 is 0 Å². The molecule has 2 rings (SSSR count). The van der Waals surface area contributed by atoms with Crippen molar-refractivity contribution in [2.75, 3.05) is 20.5 Å². The maximum absolute atomic E-state index is 7.48. The average Bonchev–Trinajstić information content (AvgIpc) is 2.51. The Morgan fingerprint density at radius 1 is 1.26 bits per heavy atom. The van der Waals surface area contributed by atoms with Crippen molar-refractivity contribution in [2.45, 2.75) is 0 Å². The van der Waals surface area contributed by atoms with Crippen LogP contribution in [0.15, 0.2) is 59.3 Å². The zero-order valence-electron chi connectivity index (χ0n) is 16.2. The quantitative estimate of drug-likeness (QED) is 0.850. The van der Waals surface area contributed by atoms with Crippen LogP contribution in [0.25, 0.3) is 5.57 Å². The summed E-state index contributed by atoms with van der Waals surface area (Å²) in [5.74, 6) is 0. The molecule has 0 fully saturated rings. The highest BCUT2D eigenvalue weighted by molar-refractivity contribution is 9.10. The molecule has 3 heteroatoms. The maximum Gasteiger partial charge on any atom is 0.0394 e. The minimum absolute atomic E-state index is 0.243. The van der Waals surface area contributed by atoms with Crippen LogP contribution >= 0.6 is 15.9 Å². The molecule has 0 spiro atoms. The summed E-state index contributed by atoms with van der Waals surface area (Å²) >= 11 is 3.38. The smallest absolute Gasteiger partial charge is 0.0394 e. The highest BCUT2D eigenvalue weighted by atomic mass is 79.9. The molecule has 0 bridgehead atoms. The third-order valence-corrected chi connectivity index (χ3v) is 3.13. The standard InChI is InChI=1S/C16H17BrN2/c1-19(2)11-9-16(14-4-3-10-18-12-14)13-5-7-15(17)8-6-13/h3-10,12H,11H2,1-2H3/b16-9-/i1D3,2D3. The number of halogens is 1. The van der Waals surface area contributed by atoms with Crippen molar-refractivity contribution in [2.24, 2.45) is 0 Å². The second-order valence-electron chi connectivity index (χ2n) is 3.98. The van der Waals surface area contributed by atoms with E-state index in [2.05, 4.69) is 20.9 Å². The van der Waals surface area contributed by atoms with Crippen molar-refractivity contribution in [1.29, 1.82) is 0 Å². The fourth-order valence-corrected chi connectivity index (χ4v) is 2.00. The molecule has 0 amide bonds. The van der Waals surface area contributed by atoms with Gasteiger partial charge >= 0.3 is 0 Å². The van der Waals surface area contributed by atoms with Gasteiger partial charge in [0, 0.05) is 37.2 Å². The van der Waals surface area contributed by atoms with Gasteiger partial charge in [-0.15, -0.1) is 0 Å². The Hall–Kier alpha value is -1.45. The molecule has 1 aromatic heterocycles. The predicted molar refractivity (Wildman–Crippen MR) is 84.0 cm³/mol. The van der Waals surface area contributed by atoms with Gasteiger partial charge in [-0.1, -0.05) is 40.2 Å². The Labute approximate surface area is 131 Å². The Morgan fingerprint density at radius 2 is 2.05 bits per heavy atom. The number of hydrogen-bond acceptors (Lipinski definition) is 2. The van der Waals surface area contributed by atoms with Gasteiger partial charge in [0.25, 0.3) is 0 Å². The molecule has 0 saturated carbocycles. The normalized spacial score (nSPS) is 17.9. The number of aromatic nitrogens is 1. The van der Waals surface area contributed by atoms with E-state index in [9.17, 15) is 0 Å². The van der Waals surface area contributed by atoms with Gasteiger partial charge in [-0.05, 0) is 43.3 Å². The van der Waals surface area contributed by atoms with Crippen LogP contribution < -0.4 is 0 Å². The van der Waals surface area contributed by atoms with Gasteiger partial charge in [0.15, 0.2) is 0 Å². The van der Waals surface area contributed by atoms with Crippen LogP contribution in [0.1, 0.15) is 19.4 Å². The number of nitrogens with zero attached hydrogens (tertiary/aromatic N) is 2. The molecule has 19 heavy (non-hydrogen) atoms. The molecular formula is C16H17BrN2. The summed E-state index contributed by atoms with van der Waals surface area (Å²) in [7, 11) is 0. The third kappa shape index (κ3) is 4.01. The summed E-state index contributed by atoms with van der Waals surface area (Å²) in [6, 6.07) is 11.1. The van der Waals surface area contributed by atoms with Gasteiger partial charge in [0.05, 0.1) is 0 Å². The van der Waals surface area contributed by atoms with Crippen LogP contribution in [-0.4, -0.2) is 30.4 Å². The molecule has 0 aliphatic rings. The van der Waals surface area contributed by atoms with E-state index in [4.69, 9.17) is 8.22 Å². The molecule has 0 N–H and O–H groups in total.